The molecule has 102 valence electrons. The van der Waals surface area contributed by atoms with Gasteiger partial charge in [0.15, 0.2) is 5.69 Å². The molecule has 19 heavy (non-hydrogen) atoms. The quantitative estimate of drug-likeness (QED) is 0.843. The SMILES string of the molecule is Cc1cc(C(F)(F)F)nn1[C@H](C)C(=O)n1cccn1. The lowest BCUT2D eigenvalue weighted by Crippen LogP contribution is -2.25. The van der Waals surface area contributed by atoms with Crippen LogP contribution in [0.1, 0.15) is 29.1 Å². The van der Waals surface area contributed by atoms with Gasteiger partial charge >= 0.3 is 6.18 Å². The molecule has 0 fully saturated rings. The van der Waals surface area contributed by atoms with Gasteiger partial charge in [-0.15, -0.1) is 0 Å². The average Bonchev–Trinajstić information content (AvgIpc) is 2.94. The molecule has 2 rings (SSSR count). The van der Waals surface area contributed by atoms with E-state index in [0.717, 1.165) is 15.4 Å². The summed E-state index contributed by atoms with van der Waals surface area (Å²) < 4.78 is 39.7. The second-order valence-corrected chi connectivity index (χ2v) is 4.08. The molecule has 8 heteroatoms. The Balaban J connectivity index is 2.32. The maximum absolute atomic E-state index is 12.5. The van der Waals surface area contributed by atoms with Gasteiger partial charge in [0.25, 0.3) is 5.91 Å². The molecule has 0 unspecified atom stereocenters. The molecule has 0 saturated heterocycles. The van der Waals surface area contributed by atoms with Gasteiger partial charge in [-0.1, -0.05) is 0 Å². The summed E-state index contributed by atoms with van der Waals surface area (Å²) in [6, 6.07) is 1.60. The molecular weight excluding hydrogens is 261 g/mol. The highest BCUT2D eigenvalue weighted by Crippen LogP contribution is 2.29. The highest BCUT2D eigenvalue weighted by atomic mass is 19.4. The van der Waals surface area contributed by atoms with Crippen LogP contribution in [0.5, 0.6) is 0 Å². The number of nitrogens with zero attached hydrogens (tertiary/aromatic N) is 4. The van der Waals surface area contributed by atoms with Crippen LogP contribution < -0.4 is 0 Å². The fourth-order valence-corrected chi connectivity index (χ4v) is 1.71. The first-order chi connectivity index (χ1) is 8.80. The van der Waals surface area contributed by atoms with Crippen LogP contribution in [0.4, 0.5) is 13.2 Å². The van der Waals surface area contributed by atoms with Gasteiger partial charge < -0.3 is 0 Å². The van der Waals surface area contributed by atoms with Crippen LogP contribution in [-0.4, -0.2) is 25.5 Å². The maximum Gasteiger partial charge on any atom is 0.435 e. The lowest BCUT2D eigenvalue weighted by Gasteiger charge is -2.12. The third-order valence-electron chi connectivity index (χ3n) is 2.67. The van der Waals surface area contributed by atoms with Crippen molar-refractivity contribution in [2.45, 2.75) is 26.1 Å². The van der Waals surface area contributed by atoms with E-state index in [1.165, 1.54) is 26.2 Å². The highest BCUT2D eigenvalue weighted by molar-refractivity contribution is 5.81. The number of aryl methyl sites for hydroxylation is 1. The van der Waals surface area contributed by atoms with Gasteiger partial charge in [-0.2, -0.15) is 23.4 Å². The predicted molar refractivity (Wildman–Crippen MR) is 59.5 cm³/mol. The third-order valence-corrected chi connectivity index (χ3v) is 2.67. The van der Waals surface area contributed by atoms with E-state index in [2.05, 4.69) is 10.2 Å². The molecule has 0 radical (unpaired) electrons. The molecule has 0 aliphatic carbocycles. The van der Waals surface area contributed by atoms with E-state index in [0.29, 0.717) is 0 Å². The Morgan fingerprint density at radius 3 is 2.58 bits per heavy atom. The minimum Gasteiger partial charge on any atom is -0.270 e. The first kappa shape index (κ1) is 13.3. The zero-order chi connectivity index (χ0) is 14.2. The molecule has 0 spiro atoms. The number of hydrogen-bond donors (Lipinski definition) is 0. The van der Waals surface area contributed by atoms with E-state index < -0.39 is 23.8 Å². The monoisotopic (exact) mass is 272 g/mol. The van der Waals surface area contributed by atoms with Crippen LogP contribution in [0, 0.1) is 6.92 Å². The molecule has 2 aromatic heterocycles. The number of carbonyl (C=O) groups is 1. The summed E-state index contributed by atoms with van der Waals surface area (Å²) in [6.07, 6.45) is -1.67. The largest absolute Gasteiger partial charge is 0.435 e. The summed E-state index contributed by atoms with van der Waals surface area (Å²) in [4.78, 5) is 12.0. The Hall–Kier alpha value is -2.12. The van der Waals surface area contributed by atoms with E-state index in [1.807, 2.05) is 0 Å². The molecule has 2 heterocycles. The summed E-state index contributed by atoms with van der Waals surface area (Å²) in [5, 5.41) is 7.19. The zero-order valence-electron chi connectivity index (χ0n) is 10.2. The second kappa shape index (κ2) is 4.52. The molecule has 0 aromatic carbocycles. The molecule has 1 atom stereocenters. The summed E-state index contributed by atoms with van der Waals surface area (Å²) in [6.45, 7) is 2.94. The summed E-state index contributed by atoms with van der Waals surface area (Å²) in [7, 11) is 0. The topological polar surface area (TPSA) is 52.7 Å². The average molecular weight is 272 g/mol. The molecule has 2 aromatic rings. The van der Waals surface area contributed by atoms with Crippen molar-refractivity contribution in [1.29, 1.82) is 0 Å². The first-order valence-corrected chi connectivity index (χ1v) is 5.48. The van der Waals surface area contributed by atoms with Crippen LogP contribution >= 0.6 is 0 Å². The van der Waals surface area contributed by atoms with E-state index in [4.69, 9.17) is 0 Å². The van der Waals surface area contributed by atoms with Gasteiger partial charge in [0.05, 0.1) is 0 Å². The van der Waals surface area contributed by atoms with Crippen LogP contribution in [-0.2, 0) is 6.18 Å². The molecule has 0 N–H and O–H groups in total. The van der Waals surface area contributed by atoms with Crippen molar-refractivity contribution >= 4 is 5.91 Å². The van der Waals surface area contributed by atoms with Gasteiger partial charge in [-0.05, 0) is 26.0 Å². The van der Waals surface area contributed by atoms with Gasteiger partial charge in [0, 0.05) is 18.1 Å². The summed E-state index contributed by atoms with van der Waals surface area (Å²) in [5.74, 6) is -0.454. The van der Waals surface area contributed by atoms with Gasteiger partial charge in [-0.25, -0.2) is 4.68 Å². The van der Waals surface area contributed by atoms with Crippen molar-refractivity contribution in [3.05, 3.63) is 35.9 Å². The van der Waals surface area contributed by atoms with Gasteiger partial charge in [-0.3, -0.25) is 9.48 Å². The summed E-state index contributed by atoms with van der Waals surface area (Å²) >= 11 is 0. The van der Waals surface area contributed by atoms with E-state index in [9.17, 15) is 18.0 Å². The third kappa shape index (κ3) is 2.51. The van der Waals surface area contributed by atoms with E-state index >= 15 is 0 Å². The fourth-order valence-electron chi connectivity index (χ4n) is 1.71. The van der Waals surface area contributed by atoms with Crippen molar-refractivity contribution in [1.82, 2.24) is 19.6 Å². The lowest BCUT2D eigenvalue weighted by atomic mass is 10.3. The summed E-state index contributed by atoms with van der Waals surface area (Å²) in [5.41, 5.74) is -0.745. The Labute approximate surface area is 106 Å². The van der Waals surface area contributed by atoms with Gasteiger partial charge in [0.2, 0.25) is 0 Å². The van der Waals surface area contributed by atoms with Crippen LogP contribution in [0.3, 0.4) is 0 Å². The van der Waals surface area contributed by atoms with Gasteiger partial charge in [0.1, 0.15) is 6.04 Å². The zero-order valence-corrected chi connectivity index (χ0v) is 10.2. The van der Waals surface area contributed by atoms with E-state index in [-0.39, 0.29) is 5.69 Å². The number of carbonyl (C=O) groups excluding carboxylic acids is 1. The standard InChI is InChI=1S/C11H11F3N4O/c1-7-6-9(11(12,13)14)16-18(7)8(2)10(19)17-5-3-4-15-17/h3-6,8H,1-2H3/t8-/m1/s1. The number of alkyl halides is 3. The number of hydrogen-bond acceptors (Lipinski definition) is 3. The molecule has 0 aliphatic heterocycles. The molecule has 0 bridgehead atoms. The minimum absolute atomic E-state index is 0.264. The maximum atomic E-state index is 12.5. The number of halogens is 3. The molecule has 0 aliphatic rings. The minimum atomic E-state index is -4.52. The Morgan fingerprint density at radius 2 is 2.11 bits per heavy atom. The highest BCUT2D eigenvalue weighted by Gasteiger charge is 2.35. The van der Waals surface area contributed by atoms with Crippen molar-refractivity contribution in [3.63, 3.8) is 0 Å². The smallest absolute Gasteiger partial charge is 0.270 e. The van der Waals surface area contributed by atoms with Crippen molar-refractivity contribution in [2.75, 3.05) is 0 Å². The molecular formula is C11H11F3N4O. The lowest BCUT2D eigenvalue weighted by molar-refractivity contribution is -0.141. The normalized spacial score (nSPS) is 13.5. The van der Waals surface area contributed by atoms with E-state index in [1.54, 1.807) is 6.07 Å². The van der Waals surface area contributed by atoms with Crippen molar-refractivity contribution in [2.24, 2.45) is 0 Å². The Kier molecular flexibility index (Phi) is 3.17. The Bertz CT molecular complexity index is 586. The molecule has 0 saturated carbocycles. The predicted octanol–water partition coefficient (Wildman–Crippen LogP) is 2.31. The molecule has 0 amide bonds. The van der Waals surface area contributed by atoms with Crippen LogP contribution in [0.25, 0.3) is 0 Å². The number of rotatable bonds is 2. The van der Waals surface area contributed by atoms with Crippen molar-refractivity contribution in [3.8, 4) is 0 Å². The van der Waals surface area contributed by atoms with Crippen LogP contribution in [0.15, 0.2) is 24.5 Å². The molecule has 5 nitrogen and oxygen atoms in total. The fraction of sp³-hybridized carbons (Fsp3) is 0.364. The first-order valence-electron chi connectivity index (χ1n) is 5.48. The second-order valence-electron chi connectivity index (χ2n) is 4.08. The Morgan fingerprint density at radius 1 is 1.42 bits per heavy atom. The van der Waals surface area contributed by atoms with Crippen molar-refractivity contribution < 1.29 is 18.0 Å². The van der Waals surface area contributed by atoms with Crippen LogP contribution in [0.2, 0.25) is 0 Å². The number of aromatic nitrogens is 4.